The van der Waals surface area contributed by atoms with Crippen LogP contribution >= 0.6 is 0 Å². The maximum Gasteiger partial charge on any atom is 0.123 e. The van der Waals surface area contributed by atoms with Crippen LogP contribution in [0.4, 0.5) is 0 Å². The van der Waals surface area contributed by atoms with Crippen molar-refractivity contribution >= 4 is 0 Å². The molecular formula is C17H31N3O. The average molecular weight is 293 g/mol. The van der Waals surface area contributed by atoms with E-state index in [1.807, 2.05) is 7.05 Å². The summed E-state index contributed by atoms with van der Waals surface area (Å²) in [5, 5.41) is 3.20. The maximum atomic E-state index is 5.51. The van der Waals surface area contributed by atoms with Gasteiger partial charge in [-0.25, -0.2) is 0 Å². The number of methoxy groups -OCH3 is 1. The molecule has 0 aliphatic heterocycles. The van der Waals surface area contributed by atoms with Crippen molar-refractivity contribution in [3.63, 3.8) is 0 Å². The third-order valence-corrected chi connectivity index (χ3v) is 3.65. The largest absolute Gasteiger partial charge is 0.496 e. The zero-order chi connectivity index (χ0) is 15.7. The van der Waals surface area contributed by atoms with Gasteiger partial charge < -0.3 is 15.0 Å². The summed E-state index contributed by atoms with van der Waals surface area (Å²) >= 11 is 0. The molecule has 1 aromatic carbocycles. The number of nitrogens with one attached hydrogen (secondary N) is 1. The average Bonchev–Trinajstić information content (AvgIpc) is 2.46. The lowest BCUT2D eigenvalue weighted by Crippen LogP contribution is -2.27. The van der Waals surface area contributed by atoms with Crippen LogP contribution in [0.15, 0.2) is 18.2 Å². The molecule has 0 aliphatic carbocycles. The Hall–Kier alpha value is -1.10. The van der Waals surface area contributed by atoms with Crippen LogP contribution in [0.3, 0.4) is 0 Å². The summed E-state index contributed by atoms with van der Waals surface area (Å²) in [5.74, 6) is 0.987. The fourth-order valence-corrected chi connectivity index (χ4v) is 2.47. The minimum absolute atomic E-state index is 0.893. The van der Waals surface area contributed by atoms with Crippen LogP contribution in [0.5, 0.6) is 5.75 Å². The van der Waals surface area contributed by atoms with E-state index in [1.165, 1.54) is 17.5 Å². The van der Waals surface area contributed by atoms with Gasteiger partial charge in [-0.15, -0.1) is 0 Å². The van der Waals surface area contributed by atoms with Crippen LogP contribution in [-0.4, -0.2) is 57.7 Å². The molecule has 0 heterocycles. The summed E-state index contributed by atoms with van der Waals surface area (Å²) in [6.45, 7) is 7.38. The van der Waals surface area contributed by atoms with Gasteiger partial charge in [0.25, 0.3) is 0 Å². The third-order valence-electron chi connectivity index (χ3n) is 3.65. The predicted octanol–water partition coefficient (Wildman–Crippen LogP) is 2.19. The highest BCUT2D eigenvalue weighted by Crippen LogP contribution is 2.21. The molecule has 0 spiro atoms. The van der Waals surface area contributed by atoms with Crippen molar-refractivity contribution < 1.29 is 4.74 Å². The maximum absolute atomic E-state index is 5.51. The summed E-state index contributed by atoms with van der Waals surface area (Å²) < 4.78 is 5.51. The molecule has 0 amide bonds. The Morgan fingerprint density at radius 3 is 2.52 bits per heavy atom. The molecule has 1 rings (SSSR count). The first-order valence-corrected chi connectivity index (χ1v) is 7.78. The second-order valence-electron chi connectivity index (χ2n) is 5.70. The van der Waals surface area contributed by atoms with Crippen molar-refractivity contribution in [2.45, 2.75) is 26.4 Å². The lowest BCUT2D eigenvalue weighted by Gasteiger charge is -2.23. The molecule has 0 unspecified atom stereocenters. The van der Waals surface area contributed by atoms with E-state index in [4.69, 9.17) is 4.74 Å². The topological polar surface area (TPSA) is 27.7 Å². The molecule has 0 saturated heterocycles. The number of ether oxygens (including phenoxy) is 1. The molecule has 0 aromatic heterocycles. The Labute approximate surface area is 130 Å². The summed E-state index contributed by atoms with van der Waals surface area (Å²) in [6.07, 6.45) is 1.19. The zero-order valence-corrected chi connectivity index (χ0v) is 14.3. The second kappa shape index (κ2) is 9.77. The van der Waals surface area contributed by atoms with Crippen molar-refractivity contribution in [2.24, 2.45) is 0 Å². The zero-order valence-electron chi connectivity index (χ0n) is 14.3. The van der Waals surface area contributed by atoms with Gasteiger partial charge in [-0.05, 0) is 64.9 Å². The van der Waals surface area contributed by atoms with Gasteiger partial charge in [-0.3, -0.25) is 4.90 Å². The molecule has 0 radical (unpaired) electrons. The fourth-order valence-electron chi connectivity index (χ4n) is 2.47. The van der Waals surface area contributed by atoms with E-state index < -0.39 is 0 Å². The van der Waals surface area contributed by atoms with Gasteiger partial charge in [0.1, 0.15) is 5.75 Å². The van der Waals surface area contributed by atoms with E-state index in [0.29, 0.717) is 0 Å². The molecule has 120 valence electrons. The van der Waals surface area contributed by atoms with Gasteiger partial charge in [0.2, 0.25) is 0 Å². The van der Waals surface area contributed by atoms with Crippen molar-refractivity contribution in [2.75, 3.05) is 47.9 Å². The first kappa shape index (κ1) is 18.0. The Kier molecular flexibility index (Phi) is 8.35. The van der Waals surface area contributed by atoms with Gasteiger partial charge in [0, 0.05) is 18.7 Å². The monoisotopic (exact) mass is 293 g/mol. The summed E-state index contributed by atoms with van der Waals surface area (Å²) in [6, 6.07) is 6.46. The van der Waals surface area contributed by atoms with Gasteiger partial charge in [-0.1, -0.05) is 13.0 Å². The van der Waals surface area contributed by atoms with E-state index in [1.54, 1.807) is 7.11 Å². The quantitative estimate of drug-likeness (QED) is 0.716. The van der Waals surface area contributed by atoms with Crippen LogP contribution in [0, 0.1) is 0 Å². The molecular weight excluding hydrogens is 262 g/mol. The fraction of sp³-hybridized carbons (Fsp3) is 0.647. The molecule has 4 heteroatoms. The Bertz CT molecular complexity index is 407. The predicted molar refractivity (Wildman–Crippen MR) is 89.9 cm³/mol. The van der Waals surface area contributed by atoms with Crippen molar-refractivity contribution in [1.29, 1.82) is 0 Å². The number of nitrogens with zero attached hydrogens (tertiary/aromatic N) is 2. The van der Waals surface area contributed by atoms with E-state index in [-0.39, 0.29) is 0 Å². The molecule has 0 fully saturated rings. The van der Waals surface area contributed by atoms with Crippen LogP contribution in [0.1, 0.15) is 24.5 Å². The lowest BCUT2D eigenvalue weighted by molar-refractivity contribution is 0.255. The standard InChI is InChI=1S/C17H31N3O/c1-6-20(11-7-10-19(3)4)14-16-12-15(13-18-2)8-9-17(16)21-5/h8-9,12,18H,6-7,10-11,13-14H2,1-5H3. The van der Waals surface area contributed by atoms with Gasteiger partial charge in [0.15, 0.2) is 0 Å². The van der Waals surface area contributed by atoms with Crippen LogP contribution in [-0.2, 0) is 13.1 Å². The normalized spacial score (nSPS) is 11.4. The molecule has 0 saturated carbocycles. The molecule has 0 atom stereocenters. The number of hydrogen-bond donors (Lipinski definition) is 1. The molecule has 1 N–H and O–H groups in total. The van der Waals surface area contributed by atoms with E-state index in [2.05, 4.69) is 54.3 Å². The number of rotatable bonds is 10. The van der Waals surface area contributed by atoms with E-state index in [0.717, 1.165) is 38.5 Å². The van der Waals surface area contributed by atoms with Gasteiger partial charge in [0.05, 0.1) is 7.11 Å². The third kappa shape index (κ3) is 6.46. The number of benzene rings is 1. The van der Waals surface area contributed by atoms with Crippen molar-refractivity contribution in [3.05, 3.63) is 29.3 Å². The SMILES string of the molecule is CCN(CCCN(C)C)Cc1cc(CNC)ccc1OC. The van der Waals surface area contributed by atoms with Crippen molar-refractivity contribution in [1.82, 2.24) is 15.1 Å². The van der Waals surface area contributed by atoms with Gasteiger partial charge >= 0.3 is 0 Å². The molecule has 1 aromatic rings. The number of hydrogen-bond acceptors (Lipinski definition) is 4. The van der Waals surface area contributed by atoms with Crippen LogP contribution < -0.4 is 10.1 Å². The van der Waals surface area contributed by atoms with E-state index in [9.17, 15) is 0 Å². The summed E-state index contributed by atoms with van der Waals surface area (Å²) in [5.41, 5.74) is 2.58. The molecule has 4 nitrogen and oxygen atoms in total. The Balaban J connectivity index is 2.70. The molecule has 0 bridgehead atoms. The van der Waals surface area contributed by atoms with Crippen molar-refractivity contribution in [3.8, 4) is 5.75 Å². The minimum Gasteiger partial charge on any atom is -0.496 e. The van der Waals surface area contributed by atoms with E-state index >= 15 is 0 Å². The highest BCUT2D eigenvalue weighted by atomic mass is 16.5. The highest BCUT2D eigenvalue weighted by molar-refractivity contribution is 5.37. The summed E-state index contributed by atoms with van der Waals surface area (Å²) in [7, 11) is 7.98. The molecule has 0 aliphatic rings. The van der Waals surface area contributed by atoms with Crippen LogP contribution in [0.25, 0.3) is 0 Å². The van der Waals surface area contributed by atoms with Crippen LogP contribution in [0.2, 0.25) is 0 Å². The second-order valence-corrected chi connectivity index (χ2v) is 5.70. The smallest absolute Gasteiger partial charge is 0.123 e. The first-order chi connectivity index (χ1) is 10.1. The Morgan fingerprint density at radius 2 is 1.95 bits per heavy atom. The minimum atomic E-state index is 0.893. The Morgan fingerprint density at radius 1 is 1.19 bits per heavy atom. The highest BCUT2D eigenvalue weighted by Gasteiger charge is 2.09. The summed E-state index contributed by atoms with van der Waals surface area (Å²) in [4.78, 5) is 4.71. The first-order valence-electron chi connectivity index (χ1n) is 7.78. The molecule has 21 heavy (non-hydrogen) atoms. The lowest BCUT2D eigenvalue weighted by atomic mass is 10.1. The van der Waals surface area contributed by atoms with Gasteiger partial charge in [-0.2, -0.15) is 0 Å².